The largest absolute Gasteiger partial charge is 0.243 e. The molecule has 1 atom stereocenters. The number of nitriles is 1. The van der Waals surface area contributed by atoms with Crippen LogP contribution in [0.5, 0.6) is 0 Å². The van der Waals surface area contributed by atoms with Crippen molar-refractivity contribution in [1.82, 2.24) is 4.98 Å². The molecule has 2 nitrogen and oxygen atoms in total. The molecular formula is C13H17ClN2. The molecule has 0 radical (unpaired) electrons. The topological polar surface area (TPSA) is 36.7 Å². The van der Waals surface area contributed by atoms with Crippen LogP contribution in [0.25, 0.3) is 0 Å². The maximum Gasteiger partial charge on any atom is 0.147 e. The molecule has 1 unspecified atom stereocenters. The number of pyridine rings is 1. The first-order valence-corrected chi connectivity index (χ1v) is 6.16. The van der Waals surface area contributed by atoms with Crippen molar-refractivity contribution in [1.29, 1.82) is 5.26 Å². The lowest BCUT2D eigenvalue weighted by Gasteiger charge is -2.16. The van der Waals surface area contributed by atoms with Crippen LogP contribution in [0, 0.1) is 11.3 Å². The van der Waals surface area contributed by atoms with Crippen LogP contribution in [0.1, 0.15) is 56.6 Å². The lowest BCUT2D eigenvalue weighted by atomic mass is 9.89. The van der Waals surface area contributed by atoms with Crippen molar-refractivity contribution in [2.45, 2.75) is 45.4 Å². The van der Waals surface area contributed by atoms with Crippen LogP contribution in [-0.2, 0) is 0 Å². The summed E-state index contributed by atoms with van der Waals surface area (Å²) in [6.45, 7) is 4.33. The fourth-order valence-electron chi connectivity index (χ4n) is 1.93. The molecule has 0 bridgehead atoms. The van der Waals surface area contributed by atoms with E-state index in [9.17, 15) is 0 Å². The zero-order valence-corrected chi connectivity index (χ0v) is 10.6. The molecule has 0 saturated heterocycles. The van der Waals surface area contributed by atoms with E-state index in [4.69, 9.17) is 16.9 Å². The smallest absolute Gasteiger partial charge is 0.147 e. The van der Waals surface area contributed by atoms with Gasteiger partial charge in [-0.1, -0.05) is 38.3 Å². The Hall–Kier alpha value is -1.07. The number of aromatic nitrogens is 1. The fourth-order valence-corrected chi connectivity index (χ4v) is 2.14. The molecule has 0 aromatic carbocycles. The van der Waals surface area contributed by atoms with Crippen molar-refractivity contribution < 1.29 is 0 Å². The van der Waals surface area contributed by atoms with E-state index >= 15 is 0 Å². The van der Waals surface area contributed by atoms with Gasteiger partial charge in [-0.3, -0.25) is 0 Å². The first kappa shape index (κ1) is 13.0. The average molecular weight is 237 g/mol. The molecule has 0 spiro atoms. The molecule has 3 heteroatoms. The molecule has 1 rings (SSSR count). The highest BCUT2D eigenvalue weighted by molar-refractivity contribution is 6.30. The van der Waals surface area contributed by atoms with E-state index in [1.54, 1.807) is 6.20 Å². The van der Waals surface area contributed by atoms with Crippen molar-refractivity contribution in [2.75, 3.05) is 0 Å². The quantitative estimate of drug-likeness (QED) is 0.715. The molecule has 0 aliphatic rings. The van der Waals surface area contributed by atoms with Crippen molar-refractivity contribution in [3.8, 4) is 6.07 Å². The Balaban J connectivity index is 3.00. The number of hydrogen-bond donors (Lipinski definition) is 0. The average Bonchev–Trinajstić information content (AvgIpc) is 2.30. The van der Waals surface area contributed by atoms with Crippen molar-refractivity contribution >= 4 is 11.6 Å². The second kappa shape index (κ2) is 6.50. The Labute approximate surface area is 102 Å². The lowest BCUT2D eigenvalue weighted by molar-refractivity contribution is 0.568. The Morgan fingerprint density at radius 3 is 2.81 bits per heavy atom. The first-order valence-electron chi connectivity index (χ1n) is 5.79. The zero-order chi connectivity index (χ0) is 12.0. The maximum atomic E-state index is 9.09. The third-order valence-electron chi connectivity index (χ3n) is 2.89. The van der Waals surface area contributed by atoms with E-state index in [1.807, 2.05) is 6.07 Å². The molecular weight excluding hydrogens is 220 g/mol. The monoisotopic (exact) mass is 236 g/mol. The van der Waals surface area contributed by atoms with Gasteiger partial charge in [-0.05, 0) is 30.4 Å². The van der Waals surface area contributed by atoms with Gasteiger partial charge in [-0.15, -0.1) is 0 Å². The second-order valence-electron chi connectivity index (χ2n) is 3.93. The summed E-state index contributed by atoms with van der Waals surface area (Å²) >= 11 is 5.93. The summed E-state index contributed by atoms with van der Waals surface area (Å²) < 4.78 is 0. The summed E-state index contributed by atoms with van der Waals surface area (Å²) in [5.74, 6) is 0.426. The predicted octanol–water partition coefficient (Wildman–Crippen LogP) is 4.29. The van der Waals surface area contributed by atoms with Crippen LogP contribution < -0.4 is 0 Å². The van der Waals surface area contributed by atoms with Gasteiger partial charge in [-0.25, -0.2) is 4.98 Å². The highest BCUT2D eigenvalue weighted by atomic mass is 35.5. The van der Waals surface area contributed by atoms with Gasteiger partial charge in [0.2, 0.25) is 0 Å². The van der Waals surface area contributed by atoms with Gasteiger partial charge in [0.05, 0.1) is 5.56 Å². The van der Waals surface area contributed by atoms with E-state index in [-0.39, 0.29) is 0 Å². The van der Waals surface area contributed by atoms with Gasteiger partial charge in [0, 0.05) is 6.20 Å². The second-order valence-corrected chi connectivity index (χ2v) is 4.28. The van der Waals surface area contributed by atoms with Crippen LogP contribution in [0.3, 0.4) is 0 Å². The molecule has 0 amide bonds. The van der Waals surface area contributed by atoms with Gasteiger partial charge < -0.3 is 0 Å². The van der Waals surface area contributed by atoms with Crippen LogP contribution >= 0.6 is 11.6 Å². The molecule has 1 heterocycles. The van der Waals surface area contributed by atoms with Gasteiger partial charge in [0.1, 0.15) is 11.2 Å². The fraction of sp³-hybridized carbons (Fsp3) is 0.538. The van der Waals surface area contributed by atoms with Gasteiger partial charge >= 0.3 is 0 Å². The van der Waals surface area contributed by atoms with E-state index in [0.717, 1.165) is 18.4 Å². The minimum Gasteiger partial charge on any atom is -0.243 e. The number of halogens is 1. The van der Waals surface area contributed by atoms with Crippen molar-refractivity contribution in [3.63, 3.8) is 0 Å². The van der Waals surface area contributed by atoms with Crippen molar-refractivity contribution in [3.05, 3.63) is 28.5 Å². The number of unbranched alkanes of at least 4 members (excludes halogenated alkanes) is 1. The third-order valence-corrected chi connectivity index (χ3v) is 3.17. The molecule has 0 aliphatic carbocycles. The van der Waals surface area contributed by atoms with Gasteiger partial charge in [-0.2, -0.15) is 5.26 Å². The zero-order valence-electron chi connectivity index (χ0n) is 9.83. The minimum atomic E-state index is 0.329. The van der Waals surface area contributed by atoms with E-state index in [0.29, 0.717) is 16.6 Å². The number of nitrogens with zero attached hydrogens (tertiary/aromatic N) is 2. The molecule has 1 aromatic heterocycles. The standard InChI is InChI=1S/C13H17ClN2/c1-3-5-6-10(4-2)11-7-8-16-13(14)12(11)9-15/h7-8,10H,3-6H2,1-2H3. The summed E-state index contributed by atoms with van der Waals surface area (Å²) in [6.07, 6.45) is 6.20. The number of rotatable bonds is 5. The number of hydrogen-bond acceptors (Lipinski definition) is 2. The summed E-state index contributed by atoms with van der Waals surface area (Å²) in [7, 11) is 0. The molecule has 0 saturated carbocycles. The summed E-state index contributed by atoms with van der Waals surface area (Å²) in [6, 6.07) is 4.09. The predicted molar refractivity (Wildman–Crippen MR) is 66.5 cm³/mol. The molecule has 0 N–H and O–H groups in total. The Kier molecular flexibility index (Phi) is 5.28. The first-order chi connectivity index (χ1) is 7.74. The van der Waals surface area contributed by atoms with Gasteiger partial charge in [0.25, 0.3) is 0 Å². The highest BCUT2D eigenvalue weighted by Gasteiger charge is 2.15. The van der Waals surface area contributed by atoms with Crippen LogP contribution in [0.4, 0.5) is 0 Å². The minimum absolute atomic E-state index is 0.329. The van der Waals surface area contributed by atoms with Crippen molar-refractivity contribution in [2.24, 2.45) is 0 Å². The van der Waals surface area contributed by atoms with Crippen LogP contribution in [0.15, 0.2) is 12.3 Å². The Bertz CT molecular complexity index is 382. The third kappa shape index (κ3) is 2.96. The molecule has 0 aliphatic heterocycles. The normalized spacial score (nSPS) is 12.1. The molecule has 1 aromatic rings. The summed E-state index contributed by atoms with van der Waals surface area (Å²) in [5.41, 5.74) is 1.60. The Morgan fingerprint density at radius 1 is 1.50 bits per heavy atom. The summed E-state index contributed by atoms with van der Waals surface area (Å²) in [4.78, 5) is 3.95. The molecule has 86 valence electrons. The lowest BCUT2D eigenvalue weighted by Crippen LogP contribution is -2.02. The molecule has 0 fully saturated rings. The summed E-state index contributed by atoms with van der Waals surface area (Å²) in [5, 5.41) is 9.42. The SMILES string of the molecule is CCCCC(CC)c1ccnc(Cl)c1C#N. The highest BCUT2D eigenvalue weighted by Crippen LogP contribution is 2.30. The van der Waals surface area contributed by atoms with E-state index in [1.165, 1.54) is 12.8 Å². The Morgan fingerprint density at radius 2 is 2.25 bits per heavy atom. The molecule has 16 heavy (non-hydrogen) atoms. The van der Waals surface area contributed by atoms with Crippen LogP contribution in [-0.4, -0.2) is 4.98 Å². The van der Waals surface area contributed by atoms with Gasteiger partial charge in [0.15, 0.2) is 0 Å². The maximum absolute atomic E-state index is 9.09. The van der Waals surface area contributed by atoms with E-state index < -0.39 is 0 Å². The van der Waals surface area contributed by atoms with E-state index in [2.05, 4.69) is 24.9 Å². The van der Waals surface area contributed by atoms with Crippen LogP contribution in [0.2, 0.25) is 5.15 Å².